The molecule has 0 bridgehead atoms. The maximum atomic E-state index is 11.3. The monoisotopic (exact) mass is 448 g/mol. The molecule has 0 aromatic heterocycles. The summed E-state index contributed by atoms with van der Waals surface area (Å²) in [5, 5.41) is 10.1. The second kappa shape index (κ2) is 13.4. The topological polar surface area (TPSA) is 83.8 Å². The van der Waals surface area contributed by atoms with Gasteiger partial charge in [0.1, 0.15) is 10.6 Å². The van der Waals surface area contributed by atoms with Crippen molar-refractivity contribution in [3.05, 3.63) is 48.0 Å². The first-order valence-corrected chi connectivity index (χ1v) is 12.9. The molecular formula is C25H36O5S. The van der Waals surface area contributed by atoms with Crippen LogP contribution < -0.4 is 4.74 Å². The van der Waals surface area contributed by atoms with Crippen LogP contribution >= 0.6 is 0 Å². The molecule has 2 aromatic carbocycles. The maximum absolute atomic E-state index is 11.3. The van der Waals surface area contributed by atoms with Crippen molar-refractivity contribution in [3.63, 3.8) is 0 Å². The van der Waals surface area contributed by atoms with Crippen LogP contribution in [0.1, 0.15) is 83.1 Å². The molecule has 2 rings (SSSR count). The van der Waals surface area contributed by atoms with Crippen molar-refractivity contribution in [1.29, 1.82) is 0 Å². The number of aromatic hydroxyl groups is 1. The van der Waals surface area contributed by atoms with Crippen LogP contribution in [0.2, 0.25) is 0 Å². The number of rotatable bonds is 15. The van der Waals surface area contributed by atoms with Crippen molar-refractivity contribution in [2.75, 3.05) is 0 Å². The van der Waals surface area contributed by atoms with E-state index in [4.69, 9.17) is 4.74 Å². The van der Waals surface area contributed by atoms with Gasteiger partial charge in [-0.15, -0.1) is 0 Å². The van der Waals surface area contributed by atoms with E-state index in [-0.39, 0.29) is 5.75 Å². The van der Waals surface area contributed by atoms with E-state index < -0.39 is 20.8 Å². The van der Waals surface area contributed by atoms with Crippen LogP contribution in [-0.4, -0.2) is 18.1 Å². The summed E-state index contributed by atoms with van der Waals surface area (Å²) in [6.07, 6.45) is 15.3. The van der Waals surface area contributed by atoms with E-state index in [9.17, 15) is 18.1 Å². The molecule has 2 N–H and O–H groups in total. The van der Waals surface area contributed by atoms with Crippen LogP contribution in [0.25, 0.3) is 0 Å². The molecule has 0 spiro atoms. The first-order chi connectivity index (χ1) is 14.9. The molecule has 0 atom stereocenters. The fourth-order valence-electron chi connectivity index (χ4n) is 3.68. The molecule has 0 unspecified atom stereocenters. The highest BCUT2D eigenvalue weighted by molar-refractivity contribution is 7.86. The number of phenolic OH excluding ortho intramolecular Hbond substituents is 1. The zero-order valence-electron chi connectivity index (χ0n) is 18.6. The highest BCUT2D eigenvalue weighted by atomic mass is 32.2. The van der Waals surface area contributed by atoms with Crippen LogP contribution in [0.15, 0.2) is 47.4 Å². The Kier molecular flexibility index (Phi) is 10.9. The summed E-state index contributed by atoms with van der Waals surface area (Å²) in [6.45, 7) is 2.25. The van der Waals surface area contributed by atoms with Gasteiger partial charge in [0.25, 0.3) is 10.1 Å². The number of para-hydroxylation sites is 1. The second-order valence-corrected chi connectivity index (χ2v) is 9.50. The Morgan fingerprint density at radius 3 is 2.00 bits per heavy atom. The van der Waals surface area contributed by atoms with Gasteiger partial charge in [-0.3, -0.25) is 4.55 Å². The quantitative estimate of drug-likeness (QED) is 0.221. The van der Waals surface area contributed by atoms with Crippen LogP contribution in [-0.2, 0) is 16.5 Å². The molecule has 0 saturated heterocycles. The van der Waals surface area contributed by atoms with Crippen molar-refractivity contribution < 1.29 is 22.8 Å². The molecule has 31 heavy (non-hydrogen) atoms. The first kappa shape index (κ1) is 25.2. The summed E-state index contributed by atoms with van der Waals surface area (Å²) in [6, 6.07) is 11.6. The molecule has 5 nitrogen and oxygen atoms in total. The number of unbranched alkanes of at least 4 members (excludes halogenated alkanes) is 10. The van der Waals surface area contributed by atoms with E-state index in [2.05, 4.69) is 6.92 Å². The number of benzene rings is 2. The standard InChI is InChI=1S/C25H36O5S/c1-2-3-4-5-6-7-8-9-10-11-12-15-21-16-13-17-22(20-21)30-23-18-14-19-24(25(23)26)31(27,28)29/h13-14,16-20,26H,2-12,15H2,1H3,(H,27,28,29). The molecule has 0 amide bonds. The van der Waals surface area contributed by atoms with Crippen molar-refractivity contribution in [2.45, 2.75) is 88.9 Å². The SMILES string of the molecule is CCCCCCCCCCCCCc1cccc(Oc2cccc(S(=O)(=O)O)c2O)c1. The van der Waals surface area contributed by atoms with Gasteiger partial charge < -0.3 is 9.84 Å². The van der Waals surface area contributed by atoms with Gasteiger partial charge in [-0.1, -0.05) is 89.3 Å². The fourth-order valence-corrected chi connectivity index (χ4v) is 4.27. The first-order valence-electron chi connectivity index (χ1n) is 11.5. The number of phenols is 1. The zero-order chi connectivity index (χ0) is 22.5. The third-order valence-corrected chi connectivity index (χ3v) is 6.32. The van der Waals surface area contributed by atoms with Crippen molar-refractivity contribution in [1.82, 2.24) is 0 Å². The summed E-state index contributed by atoms with van der Waals surface area (Å²) in [7, 11) is -4.52. The molecule has 0 saturated carbocycles. The van der Waals surface area contributed by atoms with E-state index in [1.165, 1.54) is 76.3 Å². The van der Waals surface area contributed by atoms with E-state index in [1.807, 2.05) is 18.2 Å². The van der Waals surface area contributed by atoms with Gasteiger partial charge in [-0.25, -0.2) is 0 Å². The number of hydrogen-bond donors (Lipinski definition) is 2. The van der Waals surface area contributed by atoms with E-state index in [0.29, 0.717) is 5.75 Å². The number of hydrogen-bond acceptors (Lipinski definition) is 4. The van der Waals surface area contributed by atoms with Gasteiger partial charge in [0, 0.05) is 0 Å². The Balaban J connectivity index is 1.73. The Morgan fingerprint density at radius 2 is 1.39 bits per heavy atom. The van der Waals surface area contributed by atoms with Gasteiger partial charge in [-0.2, -0.15) is 8.42 Å². The molecule has 0 heterocycles. The Labute approximate surface area is 187 Å². The number of aryl methyl sites for hydroxylation is 1. The summed E-state index contributed by atoms with van der Waals surface area (Å²) in [5.41, 5.74) is 1.14. The molecule has 0 radical (unpaired) electrons. The lowest BCUT2D eigenvalue weighted by Gasteiger charge is -2.11. The van der Waals surface area contributed by atoms with E-state index in [1.54, 1.807) is 6.07 Å². The summed E-state index contributed by atoms with van der Waals surface area (Å²) in [4.78, 5) is -0.567. The van der Waals surface area contributed by atoms with Gasteiger partial charge >= 0.3 is 0 Å². The molecule has 0 aliphatic heterocycles. The zero-order valence-corrected chi connectivity index (χ0v) is 19.4. The minimum Gasteiger partial charge on any atom is -0.503 e. The average molecular weight is 449 g/mol. The Bertz CT molecular complexity index is 893. The largest absolute Gasteiger partial charge is 0.503 e. The van der Waals surface area contributed by atoms with Gasteiger partial charge in [-0.05, 0) is 42.7 Å². The predicted molar refractivity (Wildman–Crippen MR) is 125 cm³/mol. The van der Waals surface area contributed by atoms with E-state index >= 15 is 0 Å². The average Bonchev–Trinajstić information content (AvgIpc) is 2.73. The fraction of sp³-hybridized carbons (Fsp3) is 0.520. The third-order valence-electron chi connectivity index (χ3n) is 5.44. The van der Waals surface area contributed by atoms with Crippen molar-refractivity contribution >= 4 is 10.1 Å². The van der Waals surface area contributed by atoms with E-state index in [0.717, 1.165) is 24.5 Å². The van der Waals surface area contributed by atoms with Crippen molar-refractivity contribution in [2.24, 2.45) is 0 Å². The summed E-state index contributed by atoms with van der Waals surface area (Å²) in [5.74, 6) is -0.0916. The van der Waals surface area contributed by atoms with Gasteiger partial charge in [0.05, 0.1) is 0 Å². The van der Waals surface area contributed by atoms with Gasteiger partial charge in [0.15, 0.2) is 11.5 Å². The molecule has 0 aliphatic carbocycles. The van der Waals surface area contributed by atoms with Crippen LogP contribution in [0, 0.1) is 0 Å². The predicted octanol–water partition coefficient (Wildman–Crippen LogP) is 7.28. The van der Waals surface area contributed by atoms with Crippen molar-refractivity contribution in [3.8, 4) is 17.2 Å². The molecule has 6 heteroatoms. The highest BCUT2D eigenvalue weighted by Gasteiger charge is 2.19. The van der Waals surface area contributed by atoms with Crippen LogP contribution in [0.4, 0.5) is 0 Å². The molecular weight excluding hydrogens is 412 g/mol. The lowest BCUT2D eigenvalue weighted by Crippen LogP contribution is -1.99. The molecule has 172 valence electrons. The smallest absolute Gasteiger partial charge is 0.298 e. The maximum Gasteiger partial charge on any atom is 0.298 e. The Morgan fingerprint density at radius 1 is 0.806 bits per heavy atom. The minimum absolute atomic E-state index is 0.0121. The Hall–Kier alpha value is -2.05. The summed E-state index contributed by atoms with van der Waals surface area (Å²) >= 11 is 0. The third kappa shape index (κ3) is 9.32. The van der Waals surface area contributed by atoms with Crippen LogP contribution in [0.5, 0.6) is 17.2 Å². The molecule has 0 aliphatic rings. The highest BCUT2D eigenvalue weighted by Crippen LogP contribution is 2.36. The number of ether oxygens (including phenoxy) is 1. The molecule has 0 fully saturated rings. The lowest BCUT2D eigenvalue weighted by atomic mass is 10.0. The lowest BCUT2D eigenvalue weighted by molar-refractivity contribution is 0.395. The van der Waals surface area contributed by atoms with Crippen LogP contribution in [0.3, 0.4) is 0 Å². The molecule has 2 aromatic rings. The normalized spacial score (nSPS) is 11.5. The minimum atomic E-state index is -4.52. The summed E-state index contributed by atoms with van der Waals surface area (Å²) < 4.78 is 37.5. The van der Waals surface area contributed by atoms with Gasteiger partial charge in [0.2, 0.25) is 0 Å². The second-order valence-electron chi connectivity index (χ2n) is 8.11.